The van der Waals surface area contributed by atoms with Gasteiger partial charge in [0, 0.05) is 25.6 Å². The molecule has 1 aromatic carbocycles. The zero-order valence-corrected chi connectivity index (χ0v) is 14.1. The third-order valence-electron chi connectivity index (χ3n) is 3.73. The minimum absolute atomic E-state index is 0.125. The van der Waals surface area contributed by atoms with Crippen LogP contribution in [-0.4, -0.2) is 37.3 Å². The van der Waals surface area contributed by atoms with Crippen LogP contribution in [0.5, 0.6) is 5.75 Å². The van der Waals surface area contributed by atoms with Gasteiger partial charge < -0.3 is 14.8 Å². The number of benzene rings is 1. The zero-order chi connectivity index (χ0) is 16.2. The zero-order valence-electron chi connectivity index (χ0n) is 14.1. The van der Waals surface area contributed by atoms with Gasteiger partial charge in [-0.15, -0.1) is 0 Å². The van der Waals surface area contributed by atoms with Crippen molar-refractivity contribution in [3.63, 3.8) is 0 Å². The lowest BCUT2D eigenvalue weighted by Gasteiger charge is -2.25. The quantitative estimate of drug-likeness (QED) is 0.849. The highest BCUT2D eigenvalue weighted by atomic mass is 16.5. The Morgan fingerprint density at radius 1 is 1.18 bits per heavy atom. The fourth-order valence-corrected chi connectivity index (χ4v) is 2.28. The molecule has 2 rings (SSSR count). The minimum atomic E-state index is 0.125. The number of aromatic nitrogens is 2. The van der Waals surface area contributed by atoms with Crippen molar-refractivity contribution in [3.05, 3.63) is 24.0 Å². The highest BCUT2D eigenvalue weighted by Crippen LogP contribution is 2.27. The summed E-state index contributed by atoms with van der Waals surface area (Å²) in [5.74, 6) is 2.42. The first-order valence-corrected chi connectivity index (χ1v) is 7.50. The van der Waals surface area contributed by atoms with Gasteiger partial charge in [0.15, 0.2) is 0 Å². The van der Waals surface area contributed by atoms with Gasteiger partial charge in [-0.3, -0.25) is 0 Å². The van der Waals surface area contributed by atoms with Crippen molar-refractivity contribution in [1.82, 2.24) is 9.97 Å². The largest absolute Gasteiger partial charge is 0.497 e. The van der Waals surface area contributed by atoms with Crippen molar-refractivity contribution >= 4 is 16.7 Å². The number of fused-ring (bicyclic) bond motifs is 1. The van der Waals surface area contributed by atoms with Gasteiger partial charge in [0.05, 0.1) is 12.6 Å². The van der Waals surface area contributed by atoms with E-state index in [0.29, 0.717) is 0 Å². The van der Waals surface area contributed by atoms with E-state index in [9.17, 15) is 0 Å². The van der Waals surface area contributed by atoms with Crippen LogP contribution in [0.15, 0.2) is 18.2 Å². The summed E-state index contributed by atoms with van der Waals surface area (Å²) in [5, 5.41) is 4.45. The van der Waals surface area contributed by atoms with Crippen LogP contribution in [0.1, 0.15) is 26.1 Å². The highest BCUT2D eigenvalue weighted by molar-refractivity contribution is 5.90. The maximum Gasteiger partial charge on any atom is 0.137 e. The standard InChI is InChI=1S/C17H25N3O2/c1-12-19-15-7-6-13(22-5)10-14(15)16(20-12)18-11-17(2,3)8-9-21-4/h6-7,10H,8-9,11H2,1-5H3,(H,18,19,20). The molecule has 0 atom stereocenters. The Labute approximate surface area is 132 Å². The monoisotopic (exact) mass is 303 g/mol. The van der Waals surface area contributed by atoms with Crippen LogP contribution in [-0.2, 0) is 4.74 Å². The number of anilines is 1. The summed E-state index contributed by atoms with van der Waals surface area (Å²) < 4.78 is 10.5. The van der Waals surface area contributed by atoms with Crippen LogP contribution in [0.2, 0.25) is 0 Å². The van der Waals surface area contributed by atoms with E-state index in [-0.39, 0.29) is 5.41 Å². The third kappa shape index (κ3) is 4.07. The van der Waals surface area contributed by atoms with Crippen LogP contribution in [0.4, 0.5) is 5.82 Å². The predicted octanol–water partition coefficient (Wildman–Crippen LogP) is 3.42. The molecule has 5 nitrogen and oxygen atoms in total. The van der Waals surface area contributed by atoms with E-state index in [1.807, 2.05) is 25.1 Å². The van der Waals surface area contributed by atoms with Crippen molar-refractivity contribution in [3.8, 4) is 5.75 Å². The molecule has 2 aromatic rings. The number of hydrogen-bond acceptors (Lipinski definition) is 5. The van der Waals surface area contributed by atoms with E-state index in [0.717, 1.165) is 47.9 Å². The Balaban J connectivity index is 2.26. The molecule has 0 saturated carbocycles. The molecule has 0 fully saturated rings. The first-order valence-electron chi connectivity index (χ1n) is 7.50. The molecule has 1 aromatic heterocycles. The number of hydrogen-bond donors (Lipinski definition) is 1. The number of aryl methyl sites for hydroxylation is 1. The fraction of sp³-hybridized carbons (Fsp3) is 0.529. The second-order valence-corrected chi connectivity index (χ2v) is 6.26. The fourth-order valence-electron chi connectivity index (χ4n) is 2.28. The summed E-state index contributed by atoms with van der Waals surface area (Å²) in [6.07, 6.45) is 0.988. The number of nitrogens with one attached hydrogen (secondary N) is 1. The smallest absolute Gasteiger partial charge is 0.137 e. The molecule has 0 radical (unpaired) electrons. The van der Waals surface area contributed by atoms with Gasteiger partial charge in [-0.1, -0.05) is 13.8 Å². The Morgan fingerprint density at radius 2 is 1.95 bits per heavy atom. The molecule has 0 aliphatic rings. The normalized spacial score (nSPS) is 11.7. The van der Waals surface area contributed by atoms with Gasteiger partial charge >= 0.3 is 0 Å². The maximum absolute atomic E-state index is 5.31. The minimum Gasteiger partial charge on any atom is -0.497 e. The first kappa shape index (κ1) is 16.5. The molecule has 0 spiro atoms. The SMILES string of the molecule is COCCC(C)(C)CNc1nc(C)nc2ccc(OC)cc12. The van der Waals surface area contributed by atoms with E-state index in [4.69, 9.17) is 9.47 Å². The molecule has 0 saturated heterocycles. The predicted molar refractivity (Wildman–Crippen MR) is 89.6 cm³/mol. The Hall–Kier alpha value is -1.88. The Kier molecular flexibility index (Phi) is 5.19. The lowest BCUT2D eigenvalue weighted by atomic mass is 9.89. The van der Waals surface area contributed by atoms with E-state index in [2.05, 4.69) is 29.1 Å². The van der Waals surface area contributed by atoms with Crippen LogP contribution >= 0.6 is 0 Å². The summed E-state index contributed by atoms with van der Waals surface area (Å²) >= 11 is 0. The van der Waals surface area contributed by atoms with E-state index in [1.54, 1.807) is 14.2 Å². The number of methoxy groups -OCH3 is 2. The van der Waals surface area contributed by atoms with Crippen LogP contribution in [0.25, 0.3) is 10.9 Å². The molecule has 0 amide bonds. The summed E-state index contributed by atoms with van der Waals surface area (Å²) in [6, 6.07) is 5.85. The average molecular weight is 303 g/mol. The second kappa shape index (κ2) is 6.92. The molecule has 1 heterocycles. The van der Waals surface area contributed by atoms with Gasteiger partial charge in [0.25, 0.3) is 0 Å². The summed E-state index contributed by atoms with van der Waals surface area (Å²) in [6.45, 7) is 7.92. The molecule has 1 N–H and O–H groups in total. The topological polar surface area (TPSA) is 56.3 Å². The summed E-state index contributed by atoms with van der Waals surface area (Å²) in [7, 11) is 3.40. The first-order chi connectivity index (χ1) is 10.4. The number of rotatable bonds is 7. The third-order valence-corrected chi connectivity index (χ3v) is 3.73. The highest BCUT2D eigenvalue weighted by Gasteiger charge is 2.18. The van der Waals surface area contributed by atoms with E-state index in [1.165, 1.54) is 0 Å². The number of ether oxygens (including phenoxy) is 2. The lowest BCUT2D eigenvalue weighted by molar-refractivity contribution is 0.157. The molecule has 0 aliphatic heterocycles. The lowest BCUT2D eigenvalue weighted by Crippen LogP contribution is -2.25. The van der Waals surface area contributed by atoms with Crippen LogP contribution in [0, 0.1) is 12.3 Å². The van der Waals surface area contributed by atoms with Crippen molar-refractivity contribution < 1.29 is 9.47 Å². The second-order valence-electron chi connectivity index (χ2n) is 6.26. The van der Waals surface area contributed by atoms with Gasteiger partial charge in [-0.25, -0.2) is 9.97 Å². The summed E-state index contributed by atoms with van der Waals surface area (Å²) in [4.78, 5) is 9.03. The molecule has 120 valence electrons. The van der Waals surface area contributed by atoms with Crippen LogP contribution < -0.4 is 10.1 Å². The molecule has 0 unspecified atom stereocenters. The van der Waals surface area contributed by atoms with Crippen molar-refractivity contribution in [2.75, 3.05) is 32.7 Å². The van der Waals surface area contributed by atoms with Gasteiger partial charge in [-0.2, -0.15) is 0 Å². The van der Waals surface area contributed by atoms with Crippen LogP contribution in [0.3, 0.4) is 0 Å². The van der Waals surface area contributed by atoms with Gasteiger partial charge in [0.2, 0.25) is 0 Å². The van der Waals surface area contributed by atoms with Gasteiger partial charge in [-0.05, 0) is 37.0 Å². The van der Waals surface area contributed by atoms with Gasteiger partial charge in [0.1, 0.15) is 17.4 Å². The Morgan fingerprint density at radius 3 is 2.64 bits per heavy atom. The maximum atomic E-state index is 5.31. The van der Waals surface area contributed by atoms with Crippen molar-refractivity contribution in [2.45, 2.75) is 27.2 Å². The van der Waals surface area contributed by atoms with Crippen molar-refractivity contribution in [2.24, 2.45) is 5.41 Å². The molecular weight excluding hydrogens is 278 g/mol. The van der Waals surface area contributed by atoms with E-state index < -0.39 is 0 Å². The molecular formula is C17H25N3O2. The summed E-state index contributed by atoms with van der Waals surface area (Å²) in [5.41, 5.74) is 1.05. The molecule has 22 heavy (non-hydrogen) atoms. The average Bonchev–Trinajstić information content (AvgIpc) is 2.50. The molecule has 0 aliphatic carbocycles. The van der Waals surface area contributed by atoms with E-state index >= 15 is 0 Å². The Bertz CT molecular complexity index is 641. The number of nitrogens with zero attached hydrogens (tertiary/aromatic N) is 2. The molecule has 5 heteroatoms. The molecule has 0 bridgehead atoms. The van der Waals surface area contributed by atoms with Crippen molar-refractivity contribution in [1.29, 1.82) is 0 Å².